The fourth-order valence-corrected chi connectivity index (χ4v) is 3.82. The van der Waals surface area contributed by atoms with Crippen molar-refractivity contribution >= 4 is 40.4 Å². The number of anilines is 1. The van der Waals surface area contributed by atoms with E-state index in [0.717, 1.165) is 21.8 Å². The number of nitrogens with one attached hydrogen (secondary N) is 2. The standard InChI is InChI=1S/C23H17ClN4O2S/c24-18-6-4-15(5-7-18)22(30)26-13-21(29)27-19-3-1-2-17(12-19)20-14-31-23(28-20)16-8-10-25-11-9-16/h1-12,14H,13H2,(H,26,30)(H,27,29). The minimum Gasteiger partial charge on any atom is -0.343 e. The number of carbonyl (C=O) groups is 2. The van der Waals surface area contributed by atoms with Gasteiger partial charge in [0.05, 0.1) is 12.2 Å². The van der Waals surface area contributed by atoms with Crippen molar-refractivity contribution in [2.24, 2.45) is 0 Å². The maximum Gasteiger partial charge on any atom is 0.251 e. The molecule has 31 heavy (non-hydrogen) atoms. The molecule has 2 N–H and O–H groups in total. The lowest BCUT2D eigenvalue weighted by molar-refractivity contribution is -0.115. The van der Waals surface area contributed by atoms with Crippen molar-refractivity contribution in [3.8, 4) is 21.8 Å². The van der Waals surface area contributed by atoms with Crippen LogP contribution >= 0.6 is 22.9 Å². The number of nitrogens with zero attached hydrogens (tertiary/aromatic N) is 2. The molecule has 0 radical (unpaired) electrons. The monoisotopic (exact) mass is 448 g/mol. The second kappa shape index (κ2) is 9.51. The van der Waals surface area contributed by atoms with Gasteiger partial charge in [-0.2, -0.15) is 0 Å². The van der Waals surface area contributed by atoms with Gasteiger partial charge in [0.25, 0.3) is 5.91 Å². The van der Waals surface area contributed by atoms with E-state index in [0.29, 0.717) is 16.3 Å². The predicted octanol–water partition coefficient (Wildman–Crippen LogP) is 4.89. The molecule has 0 saturated carbocycles. The van der Waals surface area contributed by atoms with Gasteiger partial charge < -0.3 is 10.6 Å². The first kappa shape index (κ1) is 20.7. The predicted molar refractivity (Wildman–Crippen MR) is 123 cm³/mol. The molecule has 0 aliphatic heterocycles. The van der Waals surface area contributed by atoms with Crippen molar-refractivity contribution in [1.29, 1.82) is 0 Å². The third-order valence-electron chi connectivity index (χ3n) is 4.39. The van der Waals surface area contributed by atoms with Crippen LogP contribution in [0.1, 0.15) is 10.4 Å². The zero-order valence-electron chi connectivity index (χ0n) is 16.2. The molecule has 0 saturated heterocycles. The Bertz CT molecular complexity index is 1210. The Hall–Kier alpha value is -3.55. The van der Waals surface area contributed by atoms with Crippen LogP contribution in [0.3, 0.4) is 0 Å². The Labute approximate surface area is 188 Å². The molecule has 4 rings (SSSR count). The van der Waals surface area contributed by atoms with E-state index in [4.69, 9.17) is 11.6 Å². The van der Waals surface area contributed by atoms with Crippen molar-refractivity contribution in [2.75, 3.05) is 11.9 Å². The van der Waals surface area contributed by atoms with Gasteiger partial charge in [-0.1, -0.05) is 23.7 Å². The lowest BCUT2D eigenvalue weighted by atomic mass is 10.1. The third-order valence-corrected chi connectivity index (χ3v) is 5.53. The fraction of sp³-hybridized carbons (Fsp3) is 0.0435. The Morgan fingerprint density at radius 3 is 2.52 bits per heavy atom. The highest BCUT2D eigenvalue weighted by atomic mass is 35.5. The van der Waals surface area contributed by atoms with Gasteiger partial charge in [-0.05, 0) is 48.5 Å². The molecule has 0 fully saturated rings. The highest BCUT2D eigenvalue weighted by molar-refractivity contribution is 7.13. The van der Waals surface area contributed by atoms with E-state index < -0.39 is 0 Å². The zero-order chi connectivity index (χ0) is 21.6. The van der Waals surface area contributed by atoms with Crippen LogP contribution in [0.4, 0.5) is 5.69 Å². The van der Waals surface area contributed by atoms with Crippen molar-refractivity contribution < 1.29 is 9.59 Å². The van der Waals surface area contributed by atoms with E-state index in [1.807, 2.05) is 35.7 Å². The Morgan fingerprint density at radius 2 is 1.74 bits per heavy atom. The highest BCUT2D eigenvalue weighted by Crippen LogP contribution is 2.29. The lowest BCUT2D eigenvalue weighted by Crippen LogP contribution is -2.32. The van der Waals surface area contributed by atoms with Gasteiger partial charge in [0.2, 0.25) is 5.91 Å². The maximum absolute atomic E-state index is 12.3. The summed E-state index contributed by atoms with van der Waals surface area (Å²) in [4.78, 5) is 33.1. The van der Waals surface area contributed by atoms with E-state index in [9.17, 15) is 9.59 Å². The van der Waals surface area contributed by atoms with E-state index in [1.165, 1.54) is 0 Å². The highest BCUT2D eigenvalue weighted by Gasteiger charge is 2.10. The van der Waals surface area contributed by atoms with Crippen LogP contribution in [-0.2, 0) is 4.79 Å². The second-order valence-electron chi connectivity index (χ2n) is 6.59. The molecule has 0 aliphatic rings. The number of hydrogen-bond acceptors (Lipinski definition) is 5. The van der Waals surface area contributed by atoms with Gasteiger partial charge in [0.15, 0.2) is 0 Å². The third kappa shape index (κ3) is 5.33. The number of carbonyl (C=O) groups excluding carboxylic acids is 2. The molecule has 2 amide bonds. The van der Waals surface area contributed by atoms with E-state index in [1.54, 1.807) is 54.1 Å². The molecule has 2 heterocycles. The first-order valence-electron chi connectivity index (χ1n) is 9.38. The van der Waals surface area contributed by atoms with E-state index in [-0.39, 0.29) is 18.4 Å². The quantitative estimate of drug-likeness (QED) is 0.439. The molecule has 0 spiro atoms. The van der Waals surface area contributed by atoms with Crippen molar-refractivity contribution in [3.05, 3.63) is 89.0 Å². The Kier molecular flexibility index (Phi) is 6.35. The molecule has 0 bridgehead atoms. The number of aromatic nitrogens is 2. The zero-order valence-corrected chi connectivity index (χ0v) is 17.8. The molecule has 0 aliphatic carbocycles. The van der Waals surface area contributed by atoms with Gasteiger partial charge in [-0.15, -0.1) is 11.3 Å². The molecule has 6 nitrogen and oxygen atoms in total. The summed E-state index contributed by atoms with van der Waals surface area (Å²) in [5, 5.41) is 8.81. The number of pyridine rings is 1. The summed E-state index contributed by atoms with van der Waals surface area (Å²) in [6.45, 7) is -0.144. The van der Waals surface area contributed by atoms with Crippen molar-refractivity contribution in [2.45, 2.75) is 0 Å². The van der Waals surface area contributed by atoms with Gasteiger partial charge in [0.1, 0.15) is 5.01 Å². The summed E-state index contributed by atoms with van der Waals surface area (Å²) >= 11 is 7.37. The van der Waals surface area contributed by atoms with Crippen LogP contribution < -0.4 is 10.6 Å². The van der Waals surface area contributed by atoms with Crippen LogP contribution in [-0.4, -0.2) is 28.3 Å². The Balaban J connectivity index is 1.38. The molecular weight excluding hydrogens is 432 g/mol. The number of thiazole rings is 1. The van der Waals surface area contributed by atoms with Gasteiger partial charge in [0, 0.05) is 45.2 Å². The molecule has 0 atom stereocenters. The number of halogens is 1. The molecule has 8 heteroatoms. The van der Waals surface area contributed by atoms with E-state index in [2.05, 4.69) is 20.6 Å². The molecular formula is C23H17ClN4O2S. The van der Waals surface area contributed by atoms with Gasteiger partial charge >= 0.3 is 0 Å². The Morgan fingerprint density at radius 1 is 0.968 bits per heavy atom. The summed E-state index contributed by atoms with van der Waals surface area (Å²) in [6.07, 6.45) is 3.47. The average Bonchev–Trinajstić information content (AvgIpc) is 3.29. The minimum atomic E-state index is -0.341. The largest absolute Gasteiger partial charge is 0.343 e. The van der Waals surface area contributed by atoms with Crippen LogP contribution in [0, 0.1) is 0 Å². The van der Waals surface area contributed by atoms with Gasteiger partial charge in [-0.25, -0.2) is 4.98 Å². The summed E-state index contributed by atoms with van der Waals surface area (Å²) in [5.74, 6) is -0.665. The lowest BCUT2D eigenvalue weighted by Gasteiger charge is -2.08. The van der Waals surface area contributed by atoms with Crippen LogP contribution in [0.2, 0.25) is 5.02 Å². The summed E-state index contributed by atoms with van der Waals surface area (Å²) in [6, 6.07) is 17.7. The normalized spacial score (nSPS) is 10.5. The maximum atomic E-state index is 12.3. The minimum absolute atomic E-state index is 0.144. The van der Waals surface area contributed by atoms with Crippen LogP contribution in [0.25, 0.3) is 21.8 Å². The van der Waals surface area contributed by atoms with Gasteiger partial charge in [-0.3, -0.25) is 14.6 Å². The van der Waals surface area contributed by atoms with E-state index >= 15 is 0 Å². The number of benzene rings is 2. The second-order valence-corrected chi connectivity index (χ2v) is 7.89. The first-order chi connectivity index (χ1) is 15.1. The number of rotatable bonds is 6. The van der Waals surface area contributed by atoms with Crippen LogP contribution in [0.15, 0.2) is 78.4 Å². The fourth-order valence-electron chi connectivity index (χ4n) is 2.86. The first-order valence-corrected chi connectivity index (χ1v) is 10.6. The molecule has 4 aromatic rings. The van der Waals surface area contributed by atoms with Crippen molar-refractivity contribution in [3.63, 3.8) is 0 Å². The molecule has 2 aromatic heterocycles. The summed E-state index contributed by atoms with van der Waals surface area (Å²) in [7, 11) is 0. The topological polar surface area (TPSA) is 84.0 Å². The number of amides is 2. The number of hydrogen-bond donors (Lipinski definition) is 2. The average molecular weight is 449 g/mol. The summed E-state index contributed by atoms with van der Waals surface area (Å²) in [5.41, 5.74) is 3.78. The SMILES string of the molecule is O=C(CNC(=O)c1ccc(Cl)cc1)Nc1cccc(-c2csc(-c3ccncc3)n2)c1. The molecule has 154 valence electrons. The van der Waals surface area contributed by atoms with Crippen LogP contribution in [0.5, 0.6) is 0 Å². The summed E-state index contributed by atoms with van der Waals surface area (Å²) < 4.78 is 0. The smallest absolute Gasteiger partial charge is 0.251 e. The molecule has 0 unspecified atom stereocenters. The van der Waals surface area contributed by atoms with Crippen molar-refractivity contribution in [1.82, 2.24) is 15.3 Å². The molecule has 2 aromatic carbocycles.